The number of nitrogen functional groups attached to an aromatic ring is 1. The summed E-state index contributed by atoms with van der Waals surface area (Å²) < 4.78 is 5.40. The van der Waals surface area contributed by atoms with Gasteiger partial charge in [-0.15, -0.1) is 0 Å². The van der Waals surface area contributed by atoms with Gasteiger partial charge in [0.15, 0.2) is 0 Å². The lowest BCUT2D eigenvalue weighted by atomic mass is 9.98. The molecule has 1 aromatic heterocycles. The Balaban J connectivity index is 1.91. The van der Waals surface area contributed by atoms with Crippen LogP contribution >= 0.6 is 0 Å². The summed E-state index contributed by atoms with van der Waals surface area (Å²) in [6.07, 6.45) is 7.90. The first-order valence-corrected chi connectivity index (χ1v) is 7.07. The molecule has 1 aromatic rings. The number of ether oxygens (including phenoxy) is 1. The number of aryl methyl sites for hydroxylation is 1. The van der Waals surface area contributed by atoms with Gasteiger partial charge >= 0.3 is 0 Å². The van der Waals surface area contributed by atoms with Gasteiger partial charge in [0.25, 0.3) is 0 Å². The van der Waals surface area contributed by atoms with Crippen molar-refractivity contribution in [1.29, 1.82) is 0 Å². The summed E-state index contributed by atoms with van der Waals surface area (Å²) in [6, 6.07) is 0. The Bertz CT molecular complexity index is 427. The second-order valence-corrected chi connectivity index (χ2v) is 5.34. The van der Waals surface area contributed by atoms with Gasteiger partial charge in [-0.05, 0) is 38.5 Å². The van der Waals surface area contributed by atoms with Crippen LogP contribution in [-0.2, 0) is 17.6 Å². The van der Waals surface area contributed by atoms with Crippen LogP contribution in [0.2, 0.25) is 0 Å². The van der Waals surface area contributed by atoms with Crippen LogP contribution in [0, 0.1) is 0 Å². The zero-order chi connectivity index (χ0) is 12.4. The molecule has 98 valence electrons. The summed E-state index contributed by atoms with van der Waals surface area (Å²) in [5.41, 5.74) is 8.56. The maximum Gasteiger partial charge on any atom is 0.134 e. The van der Waals surface area contributed by atoms with Gasteiger partial charge in [0, 0.05) is 30.4 Å². The average Bonchev–Trinajstić information content (AvgIpc) is 2.65. The van der Waals surface area contributed by atoms with Crippen LogP contribution in [0.3, 0.4) is 0 Å². The monoisotopic (exact) mass is 247 g/mol. The zero-order valence-electron chi connectivity index (χ0n) is 10.8. The predicted octanol–water partition coefficient (Wildman–Crippen LogP) is 2.22. The molecule has 2 aliphatic rings. The van der Waals surface area contributed by atoms with Gasteiger partial charge in [-0.2, -0.15) is 0 Å². The Morgan fingerprint density at radius 3 is 2.61 bits per heavy atom. The predicted molar refractivity (Wildman–Crippen MR) is 70.5 cm³/mol. The van der Waals surface area contributed by atoms with E-state index in [-0.39, 0.29) is 0 Å². The van der Waals surface area contributed by atoms with Crippen molar-refractivity contribution >= 4 is 5.82 Å². The first kappa shape index (κ1) is 11.9. The van der Waals surface area contributed by atoms with E-state index in [1.165, 1.54) is 30.5 Å². The normalized spacial score (nSPS) is 21.3. The molecule has 1 fully saturated rings. The van der Waals surface area contributed by atoms with E-state index in [9.17, 15) is 0 Å². The van der Waals surface area contributed by atoms with E-state index >= 15 is 0 Å². The van der Waals surface area contributed by atoms with Gasteiger partial charge in [-0.25, -0.2) is 9.97 Å². The van der Waals surface area contributed by atoms with E-state index in [1.807, 2.05) is 0 Å². The lowest BCUT2D eigenvalue weighted by Crippen LogP contribution is -2.18. The molecule has 0 radical (unpaired) electrons. The molecule has 0 unspecified atom stereocenters. The molecule has 2 heterocycles. The van der Waals surface area contributed by atoms with Crippen LogP contribution in [0.5, 0.6) is 0 Å². The Morgan fingerprint density at radius 2 is 1.78 bits per heavy atom. The third-order valence-electron chi connectivity index (χ3n) is 4.07. The fourth-order valence-electron chi connectivity index (χ4n) is 2.96. The van der Waals surface area contributed by atoms with Crippen molar-refractivity contribution in [2.45, 2.75) is 50.9 Å². The number of rotatable bonds is 1. The van der Waals surface area contributed by atoms with E-state index in [2.05, 4.69) is 4.98 Å². The SMILES string of the molecule is Nc1nc(C2CCOCC2)nc2c1CCCCC2. The Kier molecular flexibility index (Phi) is 3.46. The molecule has 0 atom stereocenters. The highest BCUT2D eigenvalue weighted by atomic mass is 16.5. The maximum absolute atomic E-state index is 6.14. The molecule has 0 bridgehead atoms. The average molecular weight is 247 g/mol. The highest BCUT2D eigenvalue weighted by molar-refractivity contribution is 5.43. The molecular weight excluding hydrogens is 226 g/mol. The minimum Gasteiger partial charge on any atom is -0.383 e. The number of hydrogen-bond acceptors (Lipinski definition) is 4. The molecule has 0 aromatic carbocycles. The van der Waals surface area contributed by atoms with E-state index in [1.54, 1.807) is 0 Å². The first-order chi connectivity index (χ1) is 8.84. The number of fused-ring (bicyclic) bond motifs is 1. The van der Waals surface area contributed by atoms with Crippen molar-refractivity contribution in [1.82, 2.24) is 9.97 Å². The van der Waals surface area contributed by atoms with Gasteiger partial charge < -0.3 is 10.5 Å². The first-order valence-electron chi connectivity index (χ1n) is 7.07. The lowest BCUT2D eigenvalue weighted by Gasteiger charge is -2.22. The van der Waals surface area contributed by atoms with E-state index in [0.717, 1.165) is 50.5 Å². The largest absolute Gasteiger partial charge is 0.383 e. The third kappa shape index (κ3) is 2.34. The number of aromatic nitrogens is 2. The molecule has 1 aliphatic carbocycles. The molecule has 4 heteroatoms. The molecule has 0 saturated carbocycles. The fraction of sp³-hybridized carbons (Fsp3) is 0.714. The van der Waals surface area contributed by atoms with E-state index in [0.29, 0.717) is 5.92 Å². The number of anilines is 1. The number of nitrogens with zero attached hydrogens (tertiary/aromatic N) is 2. The summed E-state index contributed by atoms with van der Waals surface area (Å²) in [5, 5.41) is 0. The third-order valence-corrected chi connectivity index (χ3v) is 4.07. The Labute approximate surface area is 108 Å². The van der Waals surface area contributed by atoms with Gasteiger partial charge in [0.1, 0.15) is 11.6 Å². The zero-order valence-corrected chi connectivity index (χ0v) is 10.8. The standard InChI is InChI=1S/C14H21N3O/c15-13-11-4-2-1-3-5-12(11)16-14(17-13)10-6-8-18-9-7-10/h10H,1-9H2,(H2,15,16,17). The topological polar surface area (TPSA) is 61.0 Å². The lowest BCUT2D eigenvalue weighted by molar-refractivity contribution is 0.0835. The molecule has 0 spiro atoms. The van der Waals surface area contributed by atoms with Gasteiger partial charge in [-0.1, -0.05) is 6.42 Å². The van der Waals surface area contributed by atoms with Crippen molar-refractivity contribution < 1.29 is 4.74 Å². The van der Waals surface area contributed by atoms with E-state index < -0.39 is 0 Å². The van der Waals surface area contributed by atoms with E-state index in [4.69, 9.17) is 15.5 Å². The molecule has 3 rings (SSSR count). The van der Waals surface area contributed by atoms with Crippen LogP contribution in [0.25, 0.3) is 0 Å². The van der Waals surface area contributed by atoms with Crippen molar-refractivity contribution in [2.75, 3.05) is 18.9 Å². The molecule has 2 N–H and O–H groups in total. The molecule has 1 saturated heterocycles. The highest BCUT2D eigenvalue weighted by Crippen LogP contribution is 2.29. The summed E-state index contributed by atoms with van der Waals surface area (Å²) in [5.74, 6) is 2.12. The summed E-state index contributed by atoms with van der Waals surface area (Å²) in [6.45, 7) is 1.65. The summed E-state index contributed by atoms with van der Waals surface area (Å²) in [7, 11) is 0. The quantitative estimate of drug-likeness (QED) is 0.773. The second-order valence-electron chi connectivity index (χ2n) is 5.34. The van der Waals surface area contributed by atoms with Gasteiger partial charge in [-0.3, -0.25) is 0 Å². The second kappa shape index (κ2) is 5.22. The van der Waals surface area contributed by atoms with Crippen molar-refractivity contribution in [3.8, 4) is 0 Å². The minimum absolute atomic E-state index is 0.439. The van der Waals surface area contributed by atoms with Crippen molar-refractivity contribution in [3.63, 3.8) is 0 Å². The maximum atomic E-state index is 6.14. The summed E-state index contributed by atoms with van der Waals surface area (Å²) >= 11 is 0. The summed E-state index contributed by atoms with van der Waals surface area (Å²) in [4.78, 5) is 9.37. The molecule has 4 nitrogen and oxygen atoms in total. The molecule has 18 heavy (non-hydrogen) atoms. The van der Waals surface area contributed by atoms with Gasteiger partial charge in [0.05, 0.1) is 0 Å². The molecule has 0 amide bonds. The highest BCUT2D eigenvalue weighted by Gasteiger charge is 2.22. The van der Waals surface area contributed by atoms with Crippen LogP contribution in [0.4, 0.5) is 5.82 Å². The molecule has 1 aliphatic heterocycles. The van der Waals surface area contributed by atoms with Crippen LogP contribution < -0.4 is 5.73 Å². The smallest absolute Gasteiger partial charge is 0.134 e. The van der Waals surface area contributed by atoms with Gasteiger partial charge in [0.2, 0.25) is 0 Å². The Hall–Kier alpha value is -1.16. The molecular formula is C14H21N3O. The fourth-order valence-corrected chi connectivity index (χ4v) is 2.96. The Morgan fingerprint density at radius 1 is 1.00 bits per heavy atom. The van der Waals surface area contributed by atoms with Crippen LogP contribution in [-0.4, -0.2) is 23.2 Å². The number of hydrogen-bond donors (Lipinski definition) is 1. The van der Waals surface area contributed by atoms with Crippen molar-refractivity contribution in [3.05, 3.63) is 17.1 Å². The van der Waals surface area contributed by atoms with Crippen LogP contribution in [0.15, 0.2) is 0 Å². The number of nitrogens with two attached hydrogens (primary N) is 1. The minimum atomic E-state index is 0.439. The van der Waals surface area contributed by atoms with Crippen molar-refractivity contribution in [2.24, 2.45) is 0 Å². The van der Waals surface area contributed by atoms with Crippen LogP contribution in [0.1, 0.15) is 55.1 Å².